The second kappa shape index (κ2) is 8.59. The van der Waals surface area contributed by atoms with Crippen LogP contribution in [-0.4, -0.2) is 18.5 Å². The van der Waals surface area contributed by atoms with Crippen LogP contribution in [0.25, 0.3) is 0 Å². The Hall–Kier alpha value is -2.30. The van der Waals surface area contributed by atoms with Crippen molar-refractivity contribution in [2.75, 3.05) is 11.9 Å². The molecular formula is C20H20N2O3S2. The van der Waals surface area contributed by atoms with E-state index in [0.717, 1.165) is 59.0 Å². The molecule has 27 heavy (non-hydrogen) atoms. The van der Waals surface area contributed by atoms with Crippen molar-refractivity contribution < 1.29 is 14.3 Å². The van der Waals surface area contributed by atoms with Crippen molar-refractivity contribution in [2.24, 2.45) is 0 Å². The zero-order chi connectivity index (χ0) is 19.4. The van der Waals surface area contributed by atoms with Crippen molar-refractivity contribution in [2.45, 2.75) is 44.4 Å². The molecule has 0 radical (unpaired) electrons. The van der Waals surface area contributed by atoms with E-state index in [4.69, 9.17) is 10.00 Å². The number of amides is 1. The van der Waals surface area contributed by atoms with Gasteiger partial charge in [0, 0.05) is 20.8 Å². The first-order valence-corrected chi connectivity index (χ1v) is 10.4. The molecule has 0 bridgehead atoms. The molecule has 3 rings (SSSR count). The Bertz CT molecular complexity index is 905. The van der Waals surface area contributed by atoms with Crippen LogP contribution in [-0.2, 0) is 22.4 Å². The highest BCUT2D eigenvalue weighted by Gasteiger charge is 2.22. The zero-order valence-electron chi connectivity index (χ0n) is 15.3. The molecule has 1 aliphatic rings. The molecule has 2 aromatic rings. The summed E-state index contributed by atoms with van der Waals surface area (Å²) >= 11 is 2.68. The molecule has 0 saturated carbocycles. The number of ether oxygens (including phenoxy) is 1. The minimum Gasteiger partial charge on any atom is -0.452 e. The van der Waals surface area contributed by atoms with Crippen molar-refractivity contribution in [3.05, 3.63) is 44.6 Å². The van der Waals surface area contributed by atoms with E-state index < -0.39 is 5.97 Å². The molecule has 1 aromatic heterocycles. The van der Waals surface area contributed by atoms with Crippen LogP contribution in [0.3, 0.4) is 0 Å². The number of rotatable bonds is 5. The lowest BCUT2D eigenvalue weighted by molar-refractivity contribution is -0.119. The number of nitrogens with one attached hydrogen (secondary N) is 1. The molecule has 1 aliphatic carbocycles. The lowest BCUT2D eigenvalue weighted by atomic mass is 9.96. The number of esters is 1. The summed E-state index contributed by atoms with van der Waals surface area (Å²) in [7, 11) is 0. The van der Waals surface area contributed by atoms with Gasteiger partial charge in [0.05, 0.1) is 5.56 Å². The number of thiophene rings is 1. The minimum atomic E-state index is -0.432. The van der Waals surface area contributed by atoms with E-state index in [0.29, 0.717) is 11.3 Å². The second-order valence-corrected chi connectivity index (χ2v) is 8.33. The molecule has 7 heteroatoms. The fourth-order valence-corrected chi connectivity index (χ4v) is 4.97. The molecular weight excluding hydrogens is 380 g/mol. The van der Waals surface area contributed by atoms with E-state index in [-0.39, 0.29) is 12.5 Å². The van der Waals surface area contributed by atoms with Crippen molar-refractivity contribution >= 4 is 40.7 Å². The van der Waals surface area contributed by atoms with Gasteiger partial charge in [0.25, 0.3) is 5.91 Å². The predicted molar refractivity (Wildman–Crippen MR) is 107 cm³/mol. The first-order valence-electron chi connectivity index (χ1n) is 8.73. The van der Waals surface area contributed by atoms with Gasteiger partial charge in [-0.25, -0.2) is 4.79 Å². The standard InChI is InChI=1S/C20H20N2O3S2/c1-12-7-14(27-11-21)8-13(2)19(12)22-18(23)9-25-20(24)16-10-26-17-6-4-3-5-15(16)17/h7-8,10H,3-6,9H2,1-2H3,(H,22,23). The molecule has 1 aromatic carbocycles. The number of thioether (sulfide) groups is 1. The van der Waals surface area contributed by atoms with Crippen LogP contribution in [0.4, 0.5) is 5.69 Å². The maximum Gasteiger partial charge on any atom is 0.339 e. The zero-order valence-corrected chi connectivity index (χ0v) is 16.9. The molecule has 140 valence electrons. The number of carbonyl (C=O) groups is 2. The first-order chi connectivity index (χ1) is 13.0. The maximum atomic E-state index is 12.4. The SMILES string of the molecule is Cc1cc(SC#N)cc(C)c1NC(=O)COC(=O)c1csc2c1CCCC2. The van der Waals surface area contributed by atoms with E-state index in [1.165, 1.54) is 4.88 Å². The smallest absolute Gasteiger partial charge is 0.339 e. The predicted octanol–water partition coefficient (Wildman–Crippen LogP) is 4.61. The first kappa shape index (κ1) is 19.5. The maximum absolute atomic E-state index is 12.4. The van der Waals surface area contributed by atoms with Crippen LogP contribution in [0.1, 0.15) is 44.8 Å². The Morgan fingerprint density at radius 2 is 1.96 bits per heavy atom. The van der Waals surface area contributed by atoms with Gasteiger partial charge in [-0.05, 0) is 80.1 Å². The number of benzene rings is 1. The highest BCUT2D eigenvalue weighted by Crippen LogP contribution is 2.31. The lowest BCUT2D eigenvalue weighted by Gasteiger charge is -2.14. The molecule has 0 atom stereocenters. The van der Waals surface area contributed by atoms with Gasteiger partial charge in [-0.3, -0.25) is 4.79 Å². The molecule has 1 heterocycles. The molecule has 0 unspecified atom stereocenters. The fraction of sp³-hybridized carbons (Fsp3) is 0.350. The molecule has 0 aliphatic heterocycles. The summed E-state index contributed by atoms with van der Waals surface area (Å²) in [5.74, 6) is -0.807. The summed E-state index contributed by atoms with van der Waals surface area (Å²) in [6, 6.07) is 3.69. The van der Waals surface area contributed by atoms with Crippen LogP contribution in [0.2, 0.25) is 0 Å². The van der Waals surface area contributed by atoms with Crippen molar-refractivity contribution in [1.82, 2.24) is 0 Å². The van der Waals surface area contributed by atoms with Gasteiger partial charge in [-0.15, -0.1) is 11.3 Å². The topological polar surface area (TPSA) is 79.2 Å². The van der Waals surface area contributed by atoms with Crippen LogP contribution in [0, 0.1) is 24.5 Å². The molecule has 5 nitrogen and oxygen atoms in total. The number of nitrogens with zero attached hydrogens (tertiary/aromatic N) is 1. The lowest BCUT2D eigenvalue weighted by Crippen LogP contribution is -2.22. The Kier molecular flexibility index (Phi) is 6.19. The average Bonchev–Trinajstić information content (AvgIpc) is 3.07. The summed E-state index contributed by atoms with van der Waals surface area (Å²) in [4.78, 5) is 26.7. The van der Waals surface area contributed by atoms with Gasteiger partial charge < -0.3 is 10.1 Å². The summed E-state index contributed by atoms with van der Waals surface area (Å²) in [6.45, 7) is 3.42. The van der Waals surface area contributed by atoms with Crippen LogP contribution < -0.4 is 5.32 Å². The van der Waals surface area contributed by atoms with Crippen molar-refractivity contribution in [3.8, 4) is 5.40 Å². The molecule has 0 spiro atoms. The highest BCUT2D eigenvalue weighted by atomic mass is 32.2. The fourth-order valence-electron chi connectivity index (χ4n) is 3.28. The van der Waals surface area contributed by atoms with E-state index >= 15 is 0 Å². The molecule has 1 amide bonds. The van der Waals surface area contributed by atoms with Gasteiger partial charge in [-0.1, -0.05) is 0 Å². The summed E-state index contributed by atoms with van der Waals surface area (Å²) < 4.78 is 5.24. The van der Waals surface area contributed by atoms with Gasteiger partial charge >= 0.3 is 5.97 Å². The summed E-state index contributed by atoms with van der Waals surface area (Å²) in [6.07, 6.45) is 4.17. The summed E-state index contributed by atoms with van der Waals surface area (Å²) in [5, 5.41) is 15.5. The van der Waals surface area contributed by atoms with Gasteiger partial charge in [0.1, 0.15) is 5.40 Å². The Balaban J connectivity index is 1.61. The second-order valence-electron chi connectivity index (χ2n) is 6.51. The van der Waals surface area contributed by atoms with Crippen LogP contribution in [0.15, 0.2) is 22.4 Å². The number of thiocyanates is 1. The number of anilines is 1. The molecule has 1 N–H and O–H groups in total. The number of aryl methyl sites for hydroxylation is 3. The third-order valence-electron chi connectivity index (χ3n) is 4.55. The van der Waals surface area contributed by atoms with Crippen molar-refractivity contribution in [1.29, 1.82) is 5.26 Å². The number of fused-ring (bicyclic) bond motifs is 1. The number of carbonyl (C=O) groups excluding carboxylic acids is 2. The third kappa shape index (κ3) is 4.52. The minimum absolute atomic E-state index is 0.322. The third-order valence-corrected chi connectivity index (χ3v) is 6.20. The van der Waals surface area contributed by atoms with Crippen LogP contribution >= 0.6 is 23.1 Å². The molecule has 0 saturated heterocycles. The Morgan fingerprint density at radius 1 is 1.26 bits per heavy atom. The molecule has 0 fully saturated rings. The Labute approximate surface area is 166 Å². The average molecular weight is 401 g/mol. The van der Waals surface area contributed by atoms with Crippen LogP contribution in [0.5, 0.6) is 0 Å². The van der Waals surface area contributed by atoms with Gasteiger partial charge in [0.15, 0.2) is 6.61 Å². The monoisotopic (exact) mass is 400 g/mol. The number of hydrogen-bond acceptors (Lipinski definition) is 6. The van der Waals surface area contributed by atoms with E-state index in [1.54, 1.807) is 11.3 Å². The van der Waals surface area contributed by atoms with E-state index in [2.05, 4.69) is 5.32 Å². The van der Waals surface area contributed by atoms with E-state index in [1.807, 2.05) is 36.8 Å². The van der Waals surface area contributed by atoms with E-state index in [9.17, 15) is 9.59 Å². The number of nitriles is 1. The van der Waals surface area contributed by atoms with Crippen molar-refractivity contribution in [3.63, 3.8) is 0 Å². The largest absolute Gasteiger partial charge is 0.452 e. The van der Waals surface area contributed by atoms with Gasteiger partial charge in [-0.2, -0.15) is 5.26 Å². The summed E-state index contributed by atoms with van der Waals surface area (Å²) in [5.41, 5.74) is 4.10. The highest BCUT2D eigenvalue weighted by molar-refractivity contribution is 8.03. The Morgan fingerprint density at radius 3 is 2.67 bits per heavy atom. The number of hydrogen-bond donors (Lipinski definition) is 1. The van der Waals surface area contributed by atoms with Gasteiger partial charge in [0.2, 0.25) is 0 Å². The quantitative estimate of drug-likeness (QED) is 0.450. The normalized spacial score (nSPS) is 12.8.